The van der Waals surface area contributed by atoms with Crippen LogP contribution in [0, 0.1) is 0 Å². The molecule has 18 heavy (non-hydrogen) atoms. The highest BCUT2D eigenvalue weighted by Crippen LogP contribution is 2.28. The fourth-order valence-corrected chi connectivity index (χ4v) is 3.72. The molecule has 0 aliphatic carbocycles. The SMILES string of the molecule is CCC(CC)N1C(=O)c2ccccc2NS1(=O)=O. The highest BCUT2D eigenvalue weighted by molar-refractivity contribution is 7.91. The third-order valence-corrected chi connectivity index (χ3v) is 4.59. The minimum atomic E-state index is -3.78. The predicted octanol–water partition coefficient (Wildman–Crippen LogP) is 1.99. The van der Waals surface area contributed by atoms with Gasteiger partial charge >= 0.3 is 10.2 Å². The van der Waals surface area contributed by atoms with Gasteiger partial charge in [0, 0.05) is 6.04 Å². The Morgan fingerprint density at radius 3 is 2.44 bits per heavy atom. The summed E-state index contributed by atoms with van der Waals surface area (Å²) < 4.78 is 27.6. The molecule has 1 aromatic rings. The summed E-state index contributed by atoms with van der Waals surface area (Å²) in [5.74, 6) is -0.446. The highest BCUT2D eigenvalue weighted by Gasteiger charge is 2.38. The molecule has 0 fully saturated rings. The Morgan fingerprint density at radius 2 is 1.83 bits per heavy atom. The highest BCUT2D eigenvalue weighted by atomic mass is 32.2. The molecule has 98 valence electrons. The molecule has 2 rings (SSSR count). The fraction of sp³-hybridized carbons (Fsp3) is 0.417. The van der Waals surface area contributed by atoms with Crippen LogP contribution in [0.1, 0.15) is 37.0 Å². The van der Waals surface area contributed by atoms with Crippen molar-refractivity contribution in [1.82, 2.24) is 4.31 Å². The quantitative estimate of drug-likeness (QED) is 0.911. The normalized spacial score (nSPS) is 17.5. The first-order valence-electron chi connectivity index (χ1n) is 5.96. The number of carbonyl (C=O) groups is 1. The molecule has 0 aromatic heterocycles. The van der Waals surface area contributed by atoms with Crippen molar-refractivity contribution in [2.45, 2.75) is 32.7 Å². The van der Waals surface area contributed by atoms with E-state index < -0.39 is 16.1 Å². The van der Waals surface area contributed by atoms with Crippen molar-refractivity contribution in [1.29, 1.82) is 0 Å². The zero-order valence-corrected chi connectivity index (χ0v) is 11.2. The molecule has 1 heterocycles. The monoisotopic (exact) mass is 268 g/mol. The summed E-state index contributed by atoms with van der Waals surface area (Å²) in [6, 6.07) is 6.34. The van der Waals surface area contributed by atoms with E-state index in [1.165, 1.54) is 0 Å². The van der Waals surface area contributed by atoms with Gasteiger partial charge in [-0.25, -0.2) is 4.31 Å². The van der Waals surface area contributed by atoms with E-state index in [0.717, 1.165) is 4.31 Å². The Labute approximate surface area is 107 Å². The Balaban J connectivity index is 2.53. The summed E-state index contributed by atoms with van der Waals surface area (Å²) in [5.41, 5.74) is 0.754. The molecule has 1 N–H and O–H groups in total. The summed E-state index contributed by atoms with van der Waals surface area (Å²) >= 11 is 0. The topological polar surface area (TPSA) is 66.5 Å². The molecule has 5 nitrogen and oxygen atoms in total. The molecule has 0 atom stereocenters. The number of nitrogens with one attached hydrogen (secondary N) is 1. The van der Waals surface area contributed by atoms with Crippen LogP contribution in [-0.2, 0) is 10.2 Å². The summed E-state index contributed by atoms with van der Waals surface area (Å²) in [6.07, 6.45) is 1.20. The molecular weight excluding hydrogens is 252 g/mol. The van der Waals surface area contributed by atoms with E-state index in [2.05, 4.69) is 4.72 Å². The van der Waals surface area contributed by atoms with Crippen molar-refractivity contribution in [3.8, 4) is 0 Å². The summed E-state index contributed by atoms with van der Waals surface area (Å²) in [7, 11) is -3.78. The molecule has 1 aromatic carbocycles. The largest absolute Gasteiger partial charge is 0.326 e. The number of hydrogen-bond acceptors (Lipinski definition) is 3. The zero-order chi connectivity index (χ0) is 13.3. The van der Waals surface area contributed by atoms with Crippen molar-refractivity contribution in [3.63, 3.8) is 0 Å². The second-order valence-corrected chi connectivity index (χ2v) is 5.77. The van der Waals surface area contributed by atoms with Gasteiger partial charge in [-0.1, -0.05) is 26.0 Å². The molecule has 1 aliphatic rings. The fourth-order valence-electron chi connectivity index (χ4n) is 2.16. The average molecular weight is 268 g/mol. The van der Waals surface area contributed by atoms with Crippen LogP contribution in [0.25, 0.3) is 0 Å². The number of benzene rings is 1. The molecule has 0 saturated carbocycles. The zero-order valence-electron chi connectivity index (χ0n) is 10.4. The van der Waals surface area contributed by atoms with E-state index in [9.17, 15) is 13.2 Å². The maximum Gasteiger partial charge on any atom is 0.326 e. The predicted molar refractivity (Wildman–Crippen MR) is 69.5 cm³/mol. The van der Waals surface area contributed by atoms with E-state index in [-0.39, 0.29) is 6.04 Å². The van der Waals surface area contributed by atoms with Gasteiger partial charge in [0.15, 0.2) is 0 Å². The molecule has 0 unspecified atom stereocenters. The Hall–Kier alpha value is -1.56. The van der Waals surface area contributed by atoms with Gasteiger partial charge in [0.25, 0.3) is 5.91 Å². The van der Waals surface area contributed by atoms with Gasteiger partial charge in [0.1, 0.15) is 0 Å². The maximum absolute atomic E-state index is 12.3. The van der Waals surface area contributed by atoms with Gasteiger partial charge in [0.05, 0.1) is 11.3 Å². The molecule has 0 saturated heterocycles. The minimum Gasteiger partial charge on any atom is -0.268 e. The third-order valence-electron chi connectivity index (χ3n) is 3.13. The van der Waals surface area contributed by atoms with Crippen LogP contribution in [0.15, 0.2) is 24.3 Å². The standard InChI is InChI=1S/C12H16N2O3S/c1-3-9(4-2)14-12(15)10-7-5-6-8-11(10)13-18(14,16)17/h5-9,13H,3-4H2,1-2H3. The van der Waals surface area contributed by atoms with Crippen LogP contribution in [0.3, 0.4) is 0 Å². The number of rotatable bonds is 3. The number of fused-ring (bicyclic) bond motifs is 1. The maximum atomic E-state index is 12.3. The van der Waals surface area contributed by atoms with E-state index >= 15 is 0 Å². The van der Waals surface area contributed by atoms with E-state index in [4.69, 9.17) is 0 Å². The molecule has 0 spiro atoms. The van der Waals surface area contributed by atoms with Crippen LogP contribution in [0.4, 0.5) is 5.69 Å². The lowest BCUT2D eigenvalue weighted by Crippen LogP contribution is -2.49. The van der Waals surface area contributed by atoms with Crippen molar-refractivity contribution in [3.05, 3.63) is 29.8 Å². The number of hydrogen-bond donors (Lipinski definition) is 1. The number of para-hydroxylation sites is 1. The summed E-state index contributed by atoms with van der Waals surface area (Å²) in [6.45, 7) is 3.74. The van der Waals surface area contributed by atoms with Gasteiger partial charge in [-0.2, -0.15) is 8.42 Å². The molecule has 1 aliphatic heterocycles. The smallest absolute Gasteiger partial charge is 0.268 e. The van der Waals surface area contributed by atoms with E-state index in [1.54, 1.807) is 24.3 Å². The average Bonchev–Trinajstić information content (AvgIpc) is 2.33. The van der Waals surface area contributed by atoms with Crippen LogP contribution >= 0.6 is 0 Å². The van der Waals surface area contributed by atoms with Crippen molar-refractivity contribution < 1.29 is 13.2 Å². The Kier molecular flexibility index (Phi) is 3.30. The minimum absolute atomic E-state index is 0.302. The summed E-state index contributed by atoms with van der Waals surface area (Å²) in [5, 5.41) is 0. The first-order chi connectivity index (χ1) is 8.51. The Morgan fingerprint density at radius 1 is 1.22 bits per heavy atom. The second kappa shape index (κ2) is 4.61. The van der Waals surface area contributed by atoms with Crippen LogP contribution < -0.4 is 4.72 Å². The first kappa shape index (κ1) is 12.9. The van der Waals surface area contributed by atoms with Gasteiger partial charge in [-0.05, 0) is 25.0 Å². The van der Waals surface area contributed by atoms with Gasteiger partial charge in [0.2, 0.25) is 0 Å². The molecule has 0 bridgehead atoms. The number of anilines is 1. The van der Waals surface area contributed by atoms with Gasteiger partial charge < -0.3 is 0 Å². The third kappa shape index (κ3) is 1.96. The molecular formula is C12H16N2O3S. The van der Waals surface area contributed by atoms with Crippen molar-refractivity contribution in [2.75, 3.05) is 4.72 Å². The van der Waals surface area contributed by atoms with Gasteiger partial charge in [-0.15, -0.1) is 0 Å². The van der Waals surface area contributed by atoms with Crippen molar-refractivity contribution >= 4 is 21.8 Å². The second-order valence-electron chi connectivity index (χ2n) is 4.22. The lowest BCUT2D eigenvalue weighted by molar-refractivity contribution is 0.0814. The molecule has 6 heteroatoms. The first-order valence-corrected chi connectivity index (χ1v) is 7.40. The van der Waals surface area contributed by atoms with Gasteiger partial charge in [-0.3, -0.25) is 9.52 Å². The molecule has 0 radical (unpaired) electrons. The number of carbonyl (C=O) groups excluding carboxylic acids is 1. The van der Waals surface area contributed by atoms with Crippen LogP contribution in [0.5, 0.6) is 0 Å². The number of nitrogens with zero attached hydrogens (tertiary/aromatic N) is 1. The number of amides is 1. The van der Waals surface area contributed by atoms with Crippen LogP contribution in [0.2, 0.25) is 0 Å². The van der Waals surface area contributed by atoms with Crippen LogP contribution in [-0.4, -0.2) is 24.7 Å². The lowest BCUT2D eigenvalue weighted by Gasteiger charge is -2.34. The van der Waals surface area contributed by atoms with E-state index in [1.807, 2.05) is 13.8 Å². The Bertz CT molecular complexity index is 564. The van der Waals surface area contributed by atoms with Crippen molar-refractivity contribution in [2.24, 2.45) is 0 Å². The van der Waals surface area contributed by atoms with E-state index in [0.29, 0.717) is 24.1 Å². The lowest BCUT2D eigenvalue weighted by atomic mass is 10.1. The summed E-state index contributed by atoms with van der Waals surface area (Å²) in [4.78, 5) is 12.3. The molecule has 1 amide bonds.